The Labute approximate surface area is 106 Å². The van der Waals surface area contributed by atoms with Gasteiger partial charge in [-0.1, -0.05) is 19.9 Å². The van der Waals surface area contributed by atoms with Crippen LogP contribution in [0.2, 0.25) is 0 Å². The first-order chi connectivity index (χ1) is 8.18. The maximum absolute atomic E-state index is 12.0. The molecule has 0 saturated carbocycles. The summed E-state index contributed by atoms with van der Waals surface area (Å²) >= 11 is 1.69. The van der Waals surface area contributed by atoms with Gasteiger partial charge in [0.1, 0.15) is 6.10 Å². The Morgan fingerprint density at radius 2 is 2.41 bits per heavy atom. The van der Waals surface area contributed by atoms with E-state index in [1.165, 1.54) is 4.88 Å². The van der Waals surface area contributed by atoms with E-state index in [4.69, 9.17) is 4.74 Å². The molecule has 1 aromatic rings. The summed E-state index contributed by atoms with van der Waals surface area (Å²) in [4.78, 5) is 13.2. The van der Waals surface area contributed by atoms with Crippen molar-refractivity contribution in [2.24, 2.45) is 5.92 Å². The predicted octanol–water partition coefficient (Wildman–Crippen LogP) is 2.74. The molecule has 1 N–H and O–H groups in total. The van der Waals surface area contributed by atoms with Crippen molar-refractivity contribution < 1.29 is 9.53 Å². The fraction of sp³-hybridized carbons (Fsp3) is 0.615. The summed E-state index contributed by atoms with van der Waals surface area (Å²) in [5.41, 5.74) is 0. The van der Waals surface area contributed by atoms with Crippen molar-refractivity contribution in [2.45, 2.75) is 38.8 Å². The Balaban J connectivity index is 2.00. The number of ether oxygens (including phenoxy) is 1. The molecule has 1 aliphatic rings. The van der Waals surface area contributed by atoms with Crippen LogP contribution in [0.15, 0.2) is 17.5 Å². The molecule has 94 valence electrons. The van der Waals surface area contributed by atoms with Crippen LogP contribution in [0.3, 0.4) is 0 Å². The topological polar surface area (TPSA) is 38.3 Å². The third-order valence-electron chi connectivity index (χ3n) is 3.04. The summed E-state index contributed by atoms with van der Waals surface area (Å²) < 4.78 is 5.40. The molecule has 1 aliphatic heterocycles. The predicted molar refractivity (Wildman–Crippen MR) is 69.0 cm³/mol. The maximum Gasteiger partial charge on any atom is 0.249 e. The molecule has 3 nitrogen and oxygen atoms in total. The molecule has 1 saturated heterocycles. The lowest BCUT2D eigenvalue weighted by Crippen LogP contribution is -2.38. The van der Waals surface area contributed by atoms with Gasteiger partial charge in [-0.2, -0.15) is 0 Å². The summed E-state index contributed by atoms with van der Waals surface area (Å²) in [7, 11) is 0. The zero-order valence-corrected chi connectivity index (χ0v) is 11.1. The van der Waals surface area contributed by atoms with Crippen molar-refractivity contribution in [3.05, 3.63) is 22.4 Å². The van der Waals surface area contributed by atoms with Crippen LogP contribution in [0.25, 0.3) is 0 Å². The number of hydrogen-bond acceptors (Lipinski definition) is 3. The van der Waals surface area contributed by atoms with Gasteiger partial charge < -0.3 is 10.1 Å². The van der Waals surface area contributed by atoms with Crippen molar-refractivity contribution in [3.8, 4) is 0 Å². The molecule has 4 heteroatoms. The van der Waals surface area contributed by atoms with Gasteiger partial charge in [0.25, 0.3) is 0 Å². The Morgan fingerprint density at radius 3 is 2.94 bits per heavy atom. The van der Waals surface area contributed by atoms with Crippen LogP contribution in [-0.4, -0.2) is 18.6 Å². The van der Waals surface area contributed by atoms with Gasteiger partial charge in [0, 0.05) is 11.5 Å². The lowest BCUT2D eigenvalue weighted by atomic mass is 10.0. The van der Waals surface area contributed by atoms with Crippen LogP contribution >= 0.6 is 11.3 Å². The second-order valence-corrected chi connectivity index (χ2v) is 5.73. The van der Waals surface area contributed by atoms with Crippen molar-refractivity contribution in [2.75, 3.05) is 6.61 Å². The number of hydrogen-bond donors (Lipinski definition) is 1. The molecule has 0 aromatic carbocycles. The van der Waals surface area contributed by atoms with E-state index in [-0.39, 0.29) is 18.1 Å². The van der Waals surface area contributed by atoms with E-state index in [1.54, 1.807) is 11.3 Å². The molecule has 0 aliphatic carbocycles. The van der Waals surface area contributed by atoms with Crippen molar-refractivity contribution in [1.82, 2.24) is 5.32 Å². The fourth-order valence-corrected chi connectivity index (χ4v) is 3.01. The zero-order valence-electron chi connectivity index (χ0n) is 10.3. The number of thiophene rings is 1. The number of carbonyl (C=O) groups excluding carboxylic acids is 1. The SMILES string of the molecule is CC(C)[C@@H](NC(=O)[C@@H]1CCCO1)c1cccs1. The Bertz CT molecular complexity index is 356. The highest BCUT2D eigenvalue weighted by Crippen LogP contribution is 2.26. The van der Waals surface area contributed by atoms with Crippen molar-refractivity contribution in [3.63, 3.8) is 0 Å². The molecule has 2 atom stereocenters. The first-order valence-corrected chi connectivity index (χ1v) is 7.02. The monoisotopic (exact) mass is 253 g/mol. The van der Waals surface area contributed by atoms with Crippen LogP contribution in [0.4, 0.5) is 0 Å². The van der Waals surface area contributed by atoms with Gasteiger partial charge in [-0.3, -0.25) is 4.79 Å². The second-order valence-electron chi connectivity index (χ2n) is 4.75. The van der Waals surface area contributed by atoms with Crippen LogP contribution in [-0.2, 0) is 9.53 Å². The van der Waals surface area contributed by atoms with Gasteiger partial charge in [-0.25, -0.2) is 0 Å². The average Bonchev–Trinajstić information content (AvgIpc) is 2.97. The van der Waals surface area contributed by atoms with E-state index in [0.29, 0.717) is 12.5 Å². The number of rotatable bonds is 4. The van der Waals surface area contributed by atoms with Crippen LogP contribution in [0, 0.1) is 5.92 Å². The third-order valence-corrected chi connectivity index (χ3v) is 3.99. The number of amides is 1. The smallest absolute Gasteiger partial charge is 0.249 e. The quantitative estimate of drug-likeness (QED) is 0.896. The normalized spacial score (nSPS) is 21.7. The Kier molecular flexibility index (Phi) is 4.18. The minimum Gasteiger partial charge on any atom is -0.368 e. The van der Waals surface area contributed by atoms with Crippen molar-refractivity contribution >= 4 is 17.2 Å². The summed E-state index contributed by atoms with van der Waals surface area (Å²) in [5, 5.41) is 5.15. The standard InChI is InChI=1S/C13H19NO2S/c1-9(2)12(11-6-4-8-17-11)14-13(15)10-5-3-7-16-10/h4,6,8-10,12H,3,5,7H2,1-2H3,(H,14,15)/t10-,12+/m0/s1. The second kappa shape index (κ2) is 5.65. The van der Waals surface area contributed by atoms with Gasteiger partial charge in [-0.15, -0.1) is 11.3 Å². The molecule has 0 radical (unpaired) electrons. The molecule has 1 amide bonds. The molecule has 0 spiro atoms. The third kappa shape index (κ3) is 3.07. The Hall–Kier alpha value is -0.870. The van der Waals surface area contributed by atoms with Crippen LogP contribution in [0.1, 0.15) is 37.6 Å². The highest BCUT2D eigenvalue weighted by atomic mass is 32.1. The lowest BCUT2D eigenvalue weighted by Gasteiger charge is -2.22. The van der Waals surface area contributed by atoms with E-state index in [1.807, 2.05) is 11.4 Å². The molecular formula is C13H19NO2S. The maximum atomic E-state index is 12.0. The van der Waals surface area contributed by atoms with Gasteiger partial charge in [0.15, 0.2) is 0 Å². The molecule has 1 fully saturated rings. The first-order valence-electron chi connectivity index (χ1n) is 6.14. The summed E-state index contributed by atoms with van der Waals surface area (Å²) in [5.74, 6) is 0.425. The average molecular weight is 253 g/mol. The van der Waals surface area contributed by atoms with Gasteiger partial charge in [-0.05, 0) is 30.2 Å². The van der Waals surface area contributed by atoms with Crippen LogP contribution in [0.5, 0.6) is 0 Å². The van der Waals surface area contributed by atoms with E-state index < -0.39 is 0 Å². The first kappa shape index (κ1) is 12.6. The Morgan fingerprint density at radius 1 is 1.59 bits per heavy atom. The van der Waals surface area contributed by atoms with E-state index in [2.05, 4.69) is 25.2 Å². The minimum absolute atomic E-state index is 0.0367. The molecule has 2 rings (SSSR count). The zero-order chi connectivity index (χ0) is 12.3. The molecule has 2 heterocycles. The van der Waals surface area contributed by atoms with E-state index in [0.717, 1.165) is 12.8 Å². The highest BCUT2D eigenvalue weighted by Gasteiger charge is 2.27. The molecular weight excluding hydrogens is 234 g/mol. The van der Waals surface area contributed by atoms with Crippen molar-refractivity contribution in [1.29, 1.82) is 0 Å². The summed E-state index contributed by atoms with van der Waals surface area (Å²) in [6.07, 6.45) is 1.60. The number of carbonyl (C=O) groups is 1. The fourth-order valence-electron chi connectivity index (χ4n) is 2.07. The number of nitrogens with one attached hydrogen (secondary N) is 1. The largest absolute Gasteiger partial charge is 0.368 e. The van der Waals surface area contributed by atoms with Gasteiger partial charge in [0.05, 0.1) is 6.04 Å². The van der Waals surface area contributed by atoms with Gasteiger partial charge in [0.2, 0.25) is 5.91 Å². The van der Waals surface area contributed by atoms with Crippen LogP contribution < -0.4 is 5.32 Å². The summed E-state index contributed by atoms with van der Waals surface area (Å²) in [6, 6.07) is 4.20. The lowest BCUT2D eigenvalue weighted by molar-refractivity contribution is -0.131. The molecule has 0 unspecified atom stereocenters. The molecule has 0 bridgehead atoms. The summed E-state index contributed by atoms with van der Waals surface area (Å²) in [6.45, 7) is 4.96. The van der Waals surface area contributed by atoms with E-state index in [9.17, 15) is 4.79 Å². The molecule has 1 aromatic heterocycles. The minimum atomic E-state index is -0.240. The highest BCUT2D eigenvalue weighted by molar-refractivity contribution is 7.10. The molecule has 17 heavy (non-hydrogen) atoms. The van der Waals surface area contributed by atoms with E-state index >= 15 is 0 Å². The van der Waals surface area contributed by atoms with Gasteiger partial charge >= 0.3 is 0 Å².